The molecule has 0 bridgehead atoms. The van der Waals surface area contributed by atoms with Crippen LogP contribution >= 0.6 is 0 Å². The van der Waals surface area contributed by atoms with Gasteiger partial charge in [0.25, 0.3) is 0 Å². The van der Waals surface area contributed by atoms with Gasteiger partial charge in [0, 0.05) is 17.6 Å². The predicted octanol–water partition coefficient (Wildman–Crippen LogP) is 4.06. The Kier molecular flexibility index (Phi) is 3.21. The highest BCUT2D eigenvalue weighted by Crippen LogP contribution is 2.20. The number of aromatic nitrogens is 2. The van der Waals surface area contributed by atoms with Crippen LogP contribution in [0.1, 0.15) is 5.69 Å². The Balaban J connectivity index is 1.96. The molecule has 2 aromatic carbocycles. The number of para-hydroxylation sites is 1. The first-order valence-electron chi connectivity index (χ1n) is 6.36. The summed E-state index contributed by atoms with van der Waals surface area (Å²) in [6.07, 6.45) is 1.96. The van der Waals surface area contributed by atoms with Gasteiger partial charge >= 0.3 is 0 Å². The van der Waals surface area contributed by atoms with Crippen LogP contribution < -0.4 is 5.32 Å². The van der Waals surface area contributed by atoms with Gasteiger partial charge in [-0.2, -0.15) is 0 Å². The number of rotatable bonds is 3. The van der Waals surface area contributed by atoms with E-state index in [-0.39, 0.29) is 5.82 Å². The van der Waals surface area contributed by atoms with Crippen molar-refractivity contribution in [1.82, 2.24) is 9.55 Å². The third-order valence-electron chi connectivity index (χ3n) is 2.96. The van der Waals surface area contributed by atoms with Gasteiger partial charge in [-0.1, -0.05) is 18.2 Å². The second-order valence-corrected chi connectivity index (χ2v) is 4.54. The second kappa shape index (κ2) is 5.17. The minimum atomic E-state index is -0.252. The van der Waals surface area contributed by atoms with Crippen molar-refractivity contribution in [3.05, 3.63) is 72.3 Å². The Morgan fingerprint density at radius 2 is 1.70 bits per heavy atom. The van der Waals surface area contributed by atoms with E-state index >= 15 is 0 Å². The van der Waals surface area contributed by atoms with Gasteiger partial charge < -0.3 is 5.32 Å². The minimum absolute atomic E-state index is 0.252. The zero-order valence-electron chi connectivity index (χ0n) is 11.0. The summed E-state index contributed by atoms with van der Waals surface area (Å²) in [7, 11) is 0. The van der Waals surface area contributed by atoms with Crippen LogP contribution in [0.15, 0.2) is 60.8 Å². The van der Waals surface area contributed by atoms with Crippen LogP contribution in [-0.2, 0) is 0 Å². The molecule has 0 fully saturated rings. The molecule has 0 unspecified atom stereocenters. The van der Waals surface area contributed by atoms with Crippen molar-refractivity contribution < 1.29 is 4.39 Å². The Morgan fingerprint density at radius 3 is 2.40 bits per heavy atom. The van der Waals surface area contributed by atoms with Gasteiger partial charge in [-0.05, 0) is 43.3 Å². The van der Waals surface area contributed by atoms with Crippen molar-refractivity contribution in [2.24, 2.45) is 0 Å². The number of nitrogens with zero attached hydrogens (tertiary/aromatic N) is 2. The third kappa shape index (κ3) is 2.54. The molecule has 0 spiro atoms. The topological polar surface area (TPSA) is 29.9 Å². The zero-order valence-corrected chi connectivity index (χ0v) is 11.0. The lowest BCUT2D eigenvalue weighted by Gasteiger charge is -2.09. The fourth-order valence-electron chi connectivity index (χ4n) is 2.03. The average molecular weight is 267 g/mol. The number of aryl methyl sites for hydroxylation is 1. The SMILES string of the molecule is Cc1cn(-c2ccccc2)c(Nc2ccc(F)cc2)n1. The summed E-state index contributed by atoms with van der Waals surface area (Å²) < 4.78 is 14.9. The second-order valence-electron chi connectivity index (χ2n) is 4.54. The highest BCUT2D eigenvalue weighted by Gasteiger charge is 2.07. The van der Waals surface area contributed by atoms with Gasteiger partial charge in [-0.25, -0.2) is 9.37 Å². The third-order valence-corrected chi connectivity index (χ3v) is 2.96. The molecular weight excluding hydrogens is 253 g/mol. The smallest absolute Gasteiger partial charge is 0.212 e. The molecule has 0 saturated heterocycles. The summed E-state index contributed by atoms with van der Waals surface area (Å²) in [4.78, 5) is 4.46. The molecule has 3 aromatic rings. The monoisotopic (exact) mass is 267 g/mol. The first kappa shape index (κ1) is 12.4. The van der Waals surface area contributed by atoms with Crippen LogP contribution in [0.5, 0.6) is 0 Å². The maximum Gasteiger partial charge on any atom is 0.212 e. The van der Waals surface area contributed by atoms with Gasteiger partial charge in [0.15, 0.2) is 0 Å². The molecule has 0 aliphatic heterocycles. The molecule has 0 atom stereocenters. The van der Waals surface area contributed by atoms with E-state index in [0.717, 1.165) is 17.1 Å². The molecule has 0 aliphatic carbocycles. The molecule has 3 rings (SSSR count). The zero-order chi connectivity index (χ0) is 13.9. The average Bonchev–Trinajstić information content (AvgIpc) is 2.83. The van der Waals surface area contributed by atoms with Crippen LogP contribution in [-0.4, -0.2) is 9.55 Å². The van der Waals surface area contributed by atoms with Gasteiger partial charge in [0.2, 0.25) is 5.95 Å². The van der Waals surface area contributed by atoms with E-state index in [1.165, 1.54) is 12.1 Å². The van der Waals surface area contributed by atoms with Crippen molar-refractivity contribution in [3.8, 4) is 5.69 Å². The summed E-state index contributed by atoms with van der Waals surface area (Å²) >= 11 is 0. The number of nitrogens with one attached hydrogen (secondary N) is 1. The maximum atomic E-state index is 12.9. The number of imidazole rings is 1. The van der Waals surface area contributed by atoms with Gasteiger partial charge in [-0.3, -0.25) is 4.57 Å². The van der Waals surface area contributed by atoms with E-state index in [1.54, 1.807) is 12.1 Å². The maximum absolute atomic E-state index is 12.9. The number of hydrogen-bond acceptors (Lipinski definition) is 2. The molecule has 0 radical (unpaired) electrons. The Bertz CT molecular complexity index is 702. The molecule has 1 heterocycles. The summed E-state index contributed by atoms with van der Waals surface area (Å²) in [5.41, 5.74) is 2.74. The fraction of sp³-hybridized carbons (Fsp3) is 0.0625. The molecule has 1 aromatic heterocycles. The van der Waals surface area contributed by atoms with Crippen molar-refractivity contribution in [1.29, 1.82) is 0 Å². The predicted molar refractivity (Wildman–Crippen MR) is 78.0 cm³/mol. The Labute approximate surface area is 116 Å². The van der Waals surface area contributed by atoms with Gasteiger partial charge in [-0.15, -0.1) is 0 Å². The van der Waals surface area contributed by atoms with Crippen LogP contribution in [0.2, 0.25) is 0 Å². The molecule has 0 aliphatic rings. The van der Waals surface area contributed by atoms with Gasteiger partial charge in [0.05, 0.1) is 5.69 Å². The first-order chi connectivity index (χ1) is 9.72. The largest absolute Gasteiger partial charge is 0.325 e. The lowest BCUT2D eigenvalue weighted by molar-refractivity contribution is 0.628. The van der Waals surface area contributed by atoms with E-state index in [9.17, 15) is 4.39 Å². The molecule has 3 nitrogen and oxygen atoms in total. The lowest BCUT2D eigenvalue weighted by atomic mass is 10.3. The molecule has 100 valence electrons. The fourth-order valence-corrected chi connectivity index (χ4v) is 2.03. The number of hydrogen-bond donors (Lipinski definition) is 1. The number of halogens is 1. The first-order valence-corrected chi connectivity index (χ1v) is 6.36. The summed E-state index contributed by atoms with van der Waals surface area (Å²) in [6.45, 7) is 1.94. The van der Waals surface area contributed by atoms with Crippen molar-refractivity contribution in [2.45, 2.75) is 6.92 Å². The summed E-state index contributed by atoms with van der Waals surface area (Å²) in [6, 6.07) is 16.2. The molecule has 20 heavy (non-hydrogen) atoms. The molecule has 0 saturated carbocycles. The minimum Gasteiger partial charge on any atom is -0.325 e. The van der Waals surface area contributed by atoms with Crippen molar-refractivity contribution in [2.75, 3.05) is 5.32 Å². The lowest BCUT2D eigenvalue weighted by Crippen LogP contribution is -2.00. The normalized spacial score (nSPS) is 10.5. The summed E-state index contributed by atoms with van der Waals surface area (Å²) in [5, 5.41) is 3.20. The Morgan fingerprint density at radius 1 is 1.00 bits per heavy atom. The standard InChI is InChI=1S/C16H14FN3/c1-12-11-20(15-5-3-2-4-6-15)16(18-12)19-14-9-7-13(17)8-10-14/h2-11H,1H3,(H,18,19). The van der Waals surface area contributed by atoms with E-state index in [4.69, 9.17) is 0 Å². The number of benzene rings is 2. The van der Waals surface area contributed by atoms with Crippen LogP contribution in [0.25, 0.3) is 5.69 Å². The molecule has 0 amide bonds. The molecule has 1 N–H and O–H groups in total. The van der Waals surface area contributed by atoms with E-state index in [2.05, 4.69) is 10.3 Å². The van der Waals surface area contributed by atoms with Crippen LogP contribution in [0.4, 0.5) is 16.0 Å². The van der Waals surface area contributed by atoms with Crippen molar-refractivity contribution >= 4 is 11.6 Å². The van der Waals surface area contributed by atoms with Crippen molar-refractivity contribution in [3.63, 3.8) is 0 Å². The quantitative estimate of drug-likeness (QED) is 0.775. The molecular formula is C16H14FN3. The van der Waals surface area contributed by atoms with Crippen LogP contribution in [0.3, 0.4) is 0 Å². The van der Waals surface area contributed by atoms with E-state index < -0.39 is 0 Å². The van der Waals surface area contributed by atoms with Gasteiger partial charge in [0.1, 0.15) is 5.82 Å². The summed E-state index contributed by atoms with van der Waals surface area (Å²) in [5.74, 6) is 0.457. The van der Waals surface area contributed by atoms with E-state index in [0.29, 0.717) is 5.95 Å². The highest BCUT2D eigenvalue weighted by molar-refractivity contribution is 5.56. The Hall–Kier alpha value is -2.62. The van der Waals surface area contributed by atoms with Crippen LogP contribution in [0, 0.1) is 12.7 Å². The van der Waals surface area contributed by atoms with E-state index in [1.807, 2.05) is 48.0 Å². The molecule has 4 heteroatoms. The number of anilines is 2. The highest BCUT2D eigenvalue weighted by atomic mass is 19.1.